The summed E-state index contributed by atoms with van der Waals surface area (Å²) in [5.74, 6) is -0.109. The van der Waals surface area contributed by atoms with Crippen LogP contribution in [0, 0.1) is 0 Å². The molecule has 0 aliphatic rings. The lowest BCUT2D eigenvalue weighted by Gasteiger charge is -1.90. The molecule has 0 aromatic heterocycles. The van der Waals surface area contributed by atoms with Crippen LogP contribution in [0.25, 0.3) is 0 Å². The summed E-state index contributed by atoms with van der Waals surface area (Å²) in [5, 5.41) is 9.43. The minimum absolute atomic E-state index is 0.109. The highest BCUT2D eigenvalue weighted by Gasteiger charge is 1.83. The molecular formula is C6H11NO3. The Morgan fingerprint density at radius 2 is 2.20 bits per heavy atom. The van der Waals surface area contributed by atoms with Crippen LogP contribution < -0.4 is 5.32 Å². The lowest BCUT2D eigenvalue weighted by atomic mass is 10.6. The Bertz CT molecular complexity index is 112. The van der Waals surface area contributed by atoms with Crippen LogP contribution in [0.5, 0.6) is 0 Å². The third-order valence-electron chi connectivity index (χ3n) is 0.536. The number of carboxylic acid groups (broad SMARTS) is 1. The van der Waals surface area contributed by atoms with Crippen molar-refractivity contribution in [2.45, 2.75) is 6.92 Å². The van der Waals surface area contributed by atoms with E-state index in [2.05, 4.69) is 11.9 Å². The Labute approximate surface area is 59.5 Å². The van der Waals surface area contributed by atoms with E-state index in [1.165, 1.54) is 6.08 Å². The van der Waals surface area contributed by atoms with Crippen molar-refractivity contribution in [3.05, 3.63) is 12.7 Å². The summed E-state index contributed by atoms with van der Waals surface area (Å²) in [5.41, 5.74) is 0. The minimum Gasteiger partial charge on any atom is -0.483 e. The van der Waals surface area contributed by atoms with Crippen LogP contribution >= 0.6 is 0 Å². The van der Waals surface area contributed by atoms with Crippen molar-refractivity contribution in [2.75, 3.05) is 6.54 Å². The van der Waals surface area contributed by atoms with E-state index >= 15 is 0 Å². The molecule has 0 aromatic rings. The molecule has 0 saturated carbocycles. The smallest absolute Gasteiger partial charge is 0.290 e. The quantitative estimate of drug-likeness (QED) is 0.425. The van der Waals surface area contributed by atoms with Crippen LogP contribution in [0.2, 0.25) is 0 Å². The molecule has 0 atom stereocenters. The van der Waals surface area contributed by atoms with E-state index in [1.807, 2.05) is 6.92 Å². The zero-order valence-corrected chi connectivity index (χ0v) is 5.83. The number of likely N-dealkylation sites (N-methyl/N-ethyl adjacent to an activating group) is 1. The molecule has 0 bridgehead atoms. The highest BCUT2D eigenvalue weighted by atomic mass is 16.3. The summed E-state index contributed by atoms with van der Waals surface area (Å²) >= 11 is 0. The lowest BCUT2D eigenvalue weighted by Crippen LogP contribution is -2.19. The number of amides is 1. The molecule has 0 spiro atoms. The first-order chi connectivity index (χ1) is 4.72. The van der Waals surface area contributed by atoms with Gasteiger partial charge in [-0.05, 0) is 13.0 Å². The summed E-state index contributed by atoms with van der Waals surface area (Å²) in [7, 11) is 0. The average molecular weight is 145 g/mol. The number of carbonyl (C=O) groups excluding carboxylic acids is 1. The molecule has 0 heterocycles. The molecule has 0 radical (unpaired) electrons. The SMILES string of the molecule is C=CC(=O)NCC.O=CO. The third-order valence-corrected chi connectivity index (χ3v) is 0.536. The van der Waals surface area contributed by atoms with Gasteiger partial charge in [0.25, 0.3) is 6.47 Å². The Morgan fingerprint density at radius 1 is 1.80 bits per heavy atom. The van der Waals surface area contributed by atoms with Gasteiger partial charge in [-0.3, -0.25) is 9.59 Å². The predicted octanol–water partition coefficient (Wildman–Crippen LogP) is 0.00930. The van der Waals surface area contributed by atoms with E-state index in [9.17, 15) is 4.79 Å². The summed E-state index contributed by atoms with van der Waals surface area (Å²) in [6.45, 7) is 5.55. The van der Waals surface area contributed by atoms with Gasteiger partial charge in [-0.1, -0.05) is 6.58 Å². The number of hydrogen-bond acceptors (Lipinski definition) is 2. The second kappa shape index (κ2) is 10.6. The second-order valence-electron chi connectivity index (χ2n) is 1.20. The fraction of sp³-hybridized carbons (Fsp3) is 0.333. The monoisotopic (exact) mass is 145 g/mol. The number of nitrogens with one attached hydrogen (secondary N) is 1. The number of rotatable bonds is 2. The maximum atomic E-state index is 10.2. The van der Waals surface area contributed by atoms with Gasteiger partial charge in [0.1, 0.15) is 0 Å². The van der Waals surface area contributed by atoms with Crippen molar-refractivity contribution in [1.29, 1.82) is 0 Å². The third kappa shape index (κ3) is 15.9. The van der Waals surface area contributed by atoms with Crippen LogP contribution in [0.1, 0.15) is 6.92 Å². The Kier molecular flexibility index (Phi) is 12.2. The average Bonchev–Trinajstić information content (AvgIpc) is 1.90. The van der Waals surface area contributed by atoms with Gasteiger partial charge < -0.3 is 10.4 Å². The van der Waals surface area contributed by atoms with Gasteiger partial charge >= 0.3 is 0 Å². The zero-order chi connectivity index (χ0) is 8.41. The summed E-state index contributed by atoms with van der Waals surface area (Å²) in [4.78, 5) is 18.5. The number of hydrogen-bond donors (Lipinski definition) is 2. The fourth-order valence-electron chi connectivity index (χ4n) is 0.246. The van der Waals surface area contributed by atoms with Crippen molar-refractivity contribution in [3.63, 3.8) is 0 Å². The molecule has 2 N–H and O–H groups in total. The first-order valence-corrected chi connectivity index (χ1v) is 2.71. The molecule has 10 heavy (non-hydrogen) atoms. The summed E-state index contributed by atoms with van der Waals surface area (Å²) in [6.07, 6.45) is 1.25. The van der Waals surface area contributed by atoms with Crippen molar-refractivity contribution in [3.8, 4) is 0 Å². The van der Waals surface area contributed by atoms with Crippen LogP contribution in [-0.4, -0.2) is 24.0 Å². The first kappa shape index (κ1) is 11.5. The highest BCUT2D eigenvalue weighted by Crippen LogP contribution is 1.61. The van der Waals surface area contributed by atoms with Crippen molar-refractivity contribution >= 4 is 12.4 Å². The van der Waals surface area contributed by atoms with Crippen molar-refractivity contribution in [2.24, 2.45) is 0 Å². The Morgan fingerprint density at radius 3 is 2.30 bits per heavy atom. The molecule has 4 heteroatoms. The molecule has 0 aliphatic carbocycles. The van der Waals surface area contributed by atoms with E-state index in [0.717, 1.165) is 0 Å². The standard InChI is InChI=1S/C5H9NO.CH2O2/c1-3-5(7)6-4-2;2-1-3/h3H,1,4H2,2H3,(H,6,7);1H,(H,2,3). The molecule has 4 nitrogen and oxygen atoms in total. The van der Waals surface area contributed by atoms with E-state index in [-0.39, 0.29) is 12.4 Å². The molecule has 0 unspecified atom stereocenters. The maximum absolute atomic E-state index is 10.2. The summed E-state index contributed by atoms with van der Waals surface area (Å²) < 4.78 is 0. The molecule has 0 fully saturated rings. The fourth-order valence-corrected chi connectivity index (χ4v) is 0.246. The molecule has 58 valence electrons. The van der Waals surface area contributed by atoms with Crippen LogP contribution in [0.3, 0.4) is 0 Å². The molecule has 0 aromatic carbocycles. The van der Waals surface area contributed by atoms with E-state index in [1.54, 1.807) is 0 Å². The molecular weight excluding hydrogens is 134 g/mol. The number of carbonyl (C=O) groups is 2. The molecule has 0 saturated heterocycles. The van der Waals surface area contributed by atoms with Gasteiger partial charge in [-0.2, -0.15) is 0 Å². The highest BCUT2D eigenvalue weighted by molar-refractivity contribution is 5.86. The second-order valence-corrected chi connectivity index (χ2v) is 1.20. The topological polar surface area (TPSA) is 66.4 Å². The van der Waals surface area contributed by atoms with E-state index in [4.69, 9.17) is 9.90 Å². The van der Waals surface area contributed by atoms with Gasteiger partial charge in [0.2, 0.25) is 5.91 Å². The zero-order valence-electron chi connectivity index (χ0n) is 5.83. The minimum atomic E-state index is -0.250. The van der Waals surface area contributed by atoms with Gasteiger partial charge in [-0.25, -0.2) is 0 Å². The molecule has 0 aliphatic heterocycles. The molecule has 1 amide bonds. The first-order valence-electron chi connectivity index (χ1n) is 2.71. The van der Waals surface area contributed by atoms with Crippen LogP contribution in [0.4, 0.5) is 0 Å². The Balaban J connectivity index is 0. The van der Waals surface area contributed by atoms with Gasteiger partial charge in [0.05, 0.1) is 0 Å². The molecule has 0 rings (SSSR count). The van der Waals surface area contributed by atoms with E-state index in [0.29, 0.717) is 6.54 Å². The van der Waals surface area contributed by atoms with Gasteiger partial charge in [0.15, 0.2) is 0 Å². The van der Waals surface area contributed by atoms with Gasteiger partial charge in [-0.15, -0.1) is 0 Å². The van der Waals surface area contributed by atoms with E-state index < -0.39 is 0 Å². The Hall–Kier alpha value is -1.32. The maximum Gasteiger partial charge on any atom is 0.290 e. The van der Waals surface area contributed by atoms with Gasteiger partial charge in [0, 0.05) is 6.54 Å². The van der Waals surface area contributed by atoms with Crippen molar-refractivity contribution in [1.82, 2.24) is 5.32 Å². The predicted molar refractivity (Wildman–Crippen MR) is 37.6 cm³/mol. The summed E-state index contributed by atoms with van der Waals surface area (Å²) in [6, 6.07) is 0. The van der Waals surface area contributed by atoms with Crippen molar-refractivity contribution < 1.29 is 14.7 Å². The van der Waals surface area contributed by atoms with Crippen LogP contribution in [-0.2, 0) is 9.59 Å². The lowest BCUT2D eigenvalue weighted by molar-refractivity contribution is -0.123. The normalized spacial score (nSPS) is 6.50. The largest absolute Gasteiger partial charge is 0.483 e. The van der Waals surface area contributed by atoms with Crippen LogP contribution in [0.15, 0.2) is 12.7 Å².